The average molecular weight is 691 g/mol. The van der Waals surface area contributed by atoms with Crippen molar-refractivity contribution in [2.24, 2.45) is 9.98 Å². The minimum atomic E-state index is 0.657. The Kier molecular flexibility index (Phi) is 7.88. The van der Waals surface area contributed by atoms with Crippen molar-refractivity contribution >= 4 is 50.0 Å². The van der Waals surface area contributed by atoms with Crippen LogP contribution in [-0.4, -0.2) is 11.5 Å². The SMILES string of the molecule is C1=C(c2ccc(-c3ccc4ccccc4c3)cc2)N=C(c2cccc3oc4c(-c5ccc(-c6ccccc6)cc5)cccc4c23)N=C(c2ccccc2)C1. The number of allylic oxidation sites excluding steroid dienone is 1. The van der Waals surface area contributed by atoms with Crippen LogP contribution < -0.4 is 0 Å². The van der Waals surface area contributed by atoms with Crippen molar-refractivity contribution in [3.8, 4) is 33.4 Å². The van der Waals surface area contributed by atoms with Gasteiger partial charge in [-0.25, -0.2) is 9.98 Å². The zero-order valence-corrected chi connectivity index (χ0v) is 29.5. The fraction of sp³-hybridized carbons (Fsp3) is 0.0196. The summed E-state index contributed by atoms with van der Waals surface area (Å²) in [5, 5.41) is 4.53. The number of aliphatic imine (C=N–C) groups is 2. The molecular weight excluding hydrogens is 657 g/mol. The number of benzene rings is 8. The largest absolute Gasteiger partial charge is 0.455 e. The number of furan rings is 1. The highest BCUT2D eigenvalue weighted by Gasteiger charge is 2.20. The second kappa shape index (κ2) is 13.5. The van der Waals surface area contributed by atoms with E-state index in [-0.39, 0.29) is 0 Å². The molecule has 1 aliphatic heterocycles. The molecule has 0 radical (unpaired) electrons. The molecule has 8 aromatic carbocycles. The van der Waals surface area contributed by atoms with Crippen molar-refractivity contribution < 1.29 is 4.42 Å². The summed E-state index contributed by atoms with van der Waals surface area (Å²) in [4.78, 5) is 10.7. The van der Waals surface area contributed by atoms with E-state index in [0.717, 1.165) is 61.2 Å². The highest BCUT2D eigenvalue weighted by Crippen LogP contribution is 2.39. The number of rotatable bonds is 6. The Balaban J connectivity index is 1.07. The second-order valence-electron chi connectivity index (χ2n) is 13.7. The van der Waals surface area contributed by atoms with Crippen molar-refractivity contribution in [3.05, 3.63) is 211 Å². The predicted octanol–water partition coefficient (Wildman–Crippen LogP) is 13.4. The Morgan fingerprint density at radius 2 is 1.00 bits per heavy atom. The molecule has 1 aromatic heterocycles. The second-order valence-corrected chi connectivity index (χ2v) is 13.7. The Labute approximate surface area is 313 Å². The van der Waals surface area contributed by atoms with Crippen molar-refractivity contribution in [2.75, 3.05) is 0 Å². The first-order valence-corrected chi connectivity index (χ1v) is 18.4. The van der Waals surface area contributed by atoms with Gasteiger partial charge in [-0.05, 0) is 61.8 Å². The average Bonchev–Trinajstić information content (AvgIpc) is 3.49. The fourth-order valence-corrected chi connectivity index (χ4v) is 7.60. The highest BCUT2D eigenvalue weighted by atomic mass is 16.3. The molecule has 10 rings (SSSR count). The van der Waals surface area contributed by atoms with Crippen LogP contribution in [0.4, 0.5) is 0 Å². The molecule has 0 N–H and O–H groups in total. The van der Waals surface area contributed by atoms with Crippen LogP contribution in [0.5, 0.6) is 0 Å². The Hall–Kier alpha value is -7.10. The normalized spacial score (nSPS) is 13.1. The van der Waals surface area contributed by atoms with Gasteiger partial charge in [0.25, 0.3) is 0 Å². The molecule has 0 saturated carbocycles. The van der Waals surface area contributed by atoms with Gasteiger partial charge in [0, 0.05) is 28.3 Å². The summed E-state index contributed by atoms with van der Waals surface area (Å²) < 4.78 is 6.70. The lowest BCUT2D eigenvalue weighted by Crippen LogP contribution is -2.05. The first kappa shape index (κ1) is 31.6. The molecule has 2 heterocycles. The van der Waals surface area contributed by atoms with E-state index in [4.69, 9.17) is 14.4 Å². The smallest absolute Gasteiger partial charge is 0.160 e. The number of para-hydroxylation sites is 1. The van der Waals surface area contributed by atoms with Crippen molar-refractivity contribution in [3.63, 3.8) is 0 Å². The van der Waals surface area contributed by atoms with Crippen molar-refractivity contribution in [1.82, 2.24) is 0 Å². The third kappa shape index (κ3) is 5.82. The third-order valence-corrected chi connectivity index (χ3v) is 10.4. The van der Waals surface area contributed by atoms with E-state index < -0.39 is 0 Å². The van der Waals surface area contributed by atoms with Gasteiger partial charge in [0.2, 0.25) is 0 Å². The summed E-state index contributed by atoms with van der Waals surface area (Å²) >= 11 is 0. The molecule has 0 amide bonds. The van der Waals surface area contributed by atoms with Gasteiger partial charge in [-0.3, -0.25) is 0 Å². The van der Waals surface area contributed by atoms with Gasteiger partial charge in [-0.1, -0.05) is 182 Å². The van der Waals surface area contributed by atoms with E-state index in [1.165, 1.54) is 33.0 Å². The van der Waals surface area contributed by atoms with Gasteiger partial charge in [-0.2, -0.15) is 0 Å². The van der Waals surface area contributed by atoms with Gasteiger partial charge in [0.1, 0.15) is 11.2 Å². The summed E-state index contributed by atoms with van der Waals surface area (Å²) in [6, 6.07) is 66.1. The van der Waals surface area contributed by atoms with E-state index in [1.807, 2.05) is 24.3 Å². The number of hydrogen-bond acceptors (Lipinski definition) is 3. The molecule has 0 spiro atoms. The van der Waals surface area contributed by atoms with Gasteiger partial charge in [0.05, 0.1) is 11.4 Å². The molecule has 3 nitrogen and oxygen atoms in total. The first-order chi connectivity index (χ1) is 26.7. The fourth-order valence-electron chi connectivity index (χ4n) is 7.60. The lowest BCUT2D eigenvalue weighted by molar-refractivity contribution is 0.670. The van der Waals surface area contributed by atoms with Crippen molar-refractivity contribution in [1.29, 1.82) is 0 Å². The Bertz CT molecular complexity index is 2920. The summed E-state index contributed by atoms with van der Waals surface area (Å²) in [6.07, 6.45) is 2.86. The molecule has 254 valence electrons. The molecule has 0 saturated heterocycles. The van der Waals surface area contributed by atoms with Crippen LogP contribution in [0.3, 0.4) is 0 Å². The van der Waals surface area contributed by atoms with Crippen LogP contribution in [0.1, 0.15) is 23.1 Å². The molecule has 9 aromatic rings. The zero-order chi connectivity index (χ0) is 35.8. The lowest BCUT2D eigenvalue weighted by Gasteiger charge is -2.08. The summed E-state index contributed by atoms with van der Waals surface area (Å²) in [7, 11) is 0. The molecule has 0 unspecified atom stereocenters. The molecule has 0 aliphatic carbocycles. The van der Waals surface area contributed by atoms with Gasteiger partial charge in [0.15, 0.2) is 5.84 Å². The van der Waals surface area contributed by atoms with Crippen LogP contribution in [0, 0.1) is 0 Å². The monoisotopic (exact) mass is 690 g/mol. The van der Waals surface area contributed by atoms with Gasteiger partial charge in [-0.15, -0.1) is 0 Å². The van der Waals surface area contributed by atoms with E-state index in [9.17, 15) is 0 Å². The van der Waals surface area contributed by atoms with E-state index >= 15 is 0 Å². The third-order valence-electron chi connectivity index (χ3n) is 10.4. The van der Waals surface area contributed by atoms with E-state index in [1.54, 1.807) is 0 Å². The number of nitrogens with zero attached hydrogens (tertiary/aromatic N) is 2. The van der Waals surface area contributed by atoms with Gasteiger partial charge < -0.3 is 4.42 Å². The molecule has 0 fully saturated rings. The van der Waals surface area contributed by atoms with Crippen LogP contribution in [0.2, 0.25) is 0 Å². The zero-order valence-electron chi connectivity index (χ0n) is 29.5. The topological polar surface area (TPSA) is 37.9 Å². The molecular formula is C51H34N2O. The minimum Gasteiger partial charge on any atom is -0.455 e. The summed E-state index contributed by atoms with van der Waals surface area (Å²) in [5.41, 5.74) is 13.5. The summed E-state index contributed by atoms with van der Waals surface area (Å²) in [5.74, 6) is 0.669. The lowest BCUT2D eigenvalue weighted by atomic mass is 9.98. The number of hydrogen-bond donors (Lipinski definition) is 0. The quantitative estimate of drug-likeness (QED) is 0.171. The maximum Gasteiger partial charge on any atom is 0.160 e. The Morgan fingerprint density at radius 3 is 1.78 bits per heavy atom. The predicted molar refractivity (Wildman–Crippen MR) is 226 cm³/mol. The standard InChI is InChI=1S/C51H34N2O/c1-3-11-34(12-4-1)36-21-26-38(27-22-36)43-17-9-18-44-49-45(19-10-20-48(49)54-50(43)44)51-52-46(39-14-5-2-6-15-39)31-32-47(53-51)40-28-23-37(24-29-40)42-30-25-35-13-7-8-16-41(35)33-42/h1-30,32-33H,31H2. The van der Waals surface area contributed by atoms with E-state index in [2.05, 4.69) is 170 Å². The van der Waals surface area contributed by atoms with Crippen LogP contribution in [-0.2, 0) is 0 Å². The highest BCUT2D eigenvalue weighted by molar-refractivity contribution is 6.23. The van der Waals surface area contributed by atoms with Gasteiger partial charge >= 0.3 is 0 Å². The minimum absolute atomic E-state index is 0.657. The van der Waals surface area contributed by atoms with Crippen LogP contribution in [0.25, 0.3) is 71.8 Å². The number of amidine groups is 1. The van der Waals surface area contributed by atoms with Crippen molar-refractivity contribution in [2.45, 2.75) is 6.42 Å². The maximum absolute atomic E-state index is 6.70. The molecule has 0 bridgehead atoms. The summed E-state index contributed by atoms with van der Waals surface area (Å²) in [6.45, 7) is 0. The molecule has 0 atom stereocenters. The molecule has 1 aliphatic rings. The Morgan fingerprint density at radius 1 is 0.407 bits per heavy atom. The van der Waals surface area contributed by atoms with E-state index in [0.29, 0.717) is 12.3 Å². The number of fused-ring (bicyclic) bond motifs is 4. The van der Waals surface area contributed by atoms with Crippen LogP contribution >= 0.6 is 0 Å². The van der Waals surface area contributed by atoms with Crippen LogP contribution in [0.15, 0.2) is 209 Å². The molecule has 54 heavy (non-hydrogen) atoms. The first-order valence-electron chi connectivity index (χ1n) is 18.4. The molecule has 3 heteroatoms. The maximum atomic E-state index is 6.70.